The van der Waals surface area contributed by atoms with E-state index in [1.165, 1.54) is 19.2 Å². The average Bonchev–Trinajstić information content (AvgIpc) is 2.73. The van der Waals surface area contributed by atoms with E-state index in [0.29, 0.717) is 22.8 Å². The van der Waals surface area contributed by atoms with Crippen LogP contribution in [0, 0.1) is 0 Å². The standard InChI is InChI=1S/C22H16F3N3O/c1-29-21-12-16(14-5-7-17(8-6-14)22(23,24)25)11-20(28-21)27-19-4-2-3-15-13-26-10-9-18(15)19/h2-13H,1H3,(H,27,28). The molecule has 0 atom stereocenters. The normalized spacial score (nSPS) is 11.4. The summed E-state index contributed by atoms with van der Waals surface area (Å²) in [6.07, 6.45) is -0.891. The molecule has 0 unspecified atom stereocenters. The van der Waals surface area contributed by atoms with Gasteiger partial charge in [0, 0.05) is 34.9 Å². The molecule has 0 saturated heterocycles. The highest BCUT2D eigenvalue weighted by Crippen LogP contribution is 2.33. The van der Waals surface area contributed by atoms with E-state index in [1.807, 2.05) is 24.3 Å². The summed E-state index contributed by atoms with van der Waals surface area (Å²) in [4.78, 5) is 8.53. The number of ether oxygens (including phenoxy) is 1. The van der Waals surface area contributed by atoms with E-state index in [4.69, 9.17) is 4.74 Å². The van der Waals surface area contributed by atoms with Gasteiger partial charge in [0.1, 0.15) is 5.82 Å². The summed E-state index contributed by atoms with van der Waals surface area (Å²) in [5.41, 5.74) is 1.47. The largest absolute Gasteiger partial charge is 0.481 e. The maximum Gasteiger partial charge on any atom is 0.416 e. The quantitative estimate of drug-likeness (QED) is 0.456. The van der Waals surface area contributed by atoms with Gasteiger partial charge in [0.25, 0.3) is 0 Å². The number of hydrogen-bond acceptors (Lipinski definition) is 4. The third-order valence-electron chi connectivity index (χ3n) is 4.50. The van der Waals surface area contributed by atoms with Gasteiger partial charge in [-0.05, 0) is 41.5 Å². The molecule has 7 heteroatoms. The van der Waals surface area contributed by atoms with Crippen LogP contribution in [0.15, 0.2) is 73.1 Å². The van der Waals surface area contributed by atoms with Gasteiger partial charge in [-0.3, -0.25) is 4.98 Å². The van der Waals surface area contributed by atoms with E-state index < -0.39 is 11.7 Å². The molecule has 0 bridgehead atoms. The maximum absolute atomic E-state index is 12.8. The van der Waals surface area contributed by atoms with Crippen LogP contribution >= 0.6 is 0 Å². The van der Waals surface area contributed by atoms with Crippen LogP contribution in [0.5, 0.6) is 5.88 Å². The van der Waals surface area contributed by atoms with Crippen LogP contribution in [0.1, 0.15) is 5.56 Å². The second-order valence-electron chi connectivity index (χ2n) is 6.39. The lowest BCUT2D eigenvalue weighted by atomic mass is 10.0. The van der Waals surface area contributed by atoms with E-state index in [0.717, 1.165) is 28.6 Å². The van der Waals surface area contributed by atoms with E-state index in [2.05, 4.69) is 15.3 Å². The lowest BCUT2D eigenvalue weighted by Crippen LogP contribution is -2.04. The number of fused-ring (bicyclic) bond motifs is 1. The maximum atomic E-state index is 12.8. The molecule has 4 aromatic rings. The zero-order valence-electron chi connectivity index (χ0n) is 15.4. The molecule has 0 amide bonds. The van der Waals surface area contributed by atoms with Crippen molar-refractivity contribution in [1.82, 2.24) is 9.97 Å². The number of pyridine rings is 2. The molecule has 4 nitrogen and oxygen atoms in total. The lowest BCUT2D eigenvalue weighted by Gasteiger charge is -2.13. The van der Waals surface area contributed by atoms with Gasteiger partial charge in [0.15, 0.2) is 0 Å². The minimum Gasteiger partial charge on any atom is -0.481 e. The predicted molar refractivity (Wildman–Crippen MR) is 106 cm³/mol. The molecule has 1 N–H and O–H groups in total. The fraction of sp³-hybridized carbons (Fsp3) is 0.0909. The van der Waals surface area contributed by atoms with Crippen LogP contribution < -0.4 is 10.1 Å². The number of hydrogen-bond donors (Lipinski definition) is 1. The third kappa shape index (κ3) is 3.99. The molecule has 2 heterocycles. The van der Waals surface area contributed by atoms with Crippen molar-refractivity contribution in [3.63, 3.8) is 0 Å². The Morgan fingerprint density at radius 1 is 0.931 bits per heavy atom. The molecule has 29 heavy (non-hydrogen) atoms. The first kappa shape index (κ1) is 18.7. The van der Waals surface area contributed by atoms with Gasteiger partial charge in [-0.15, -0.1) is 0 Å². The topological polar surface area (TPSA) is 47.0 Å². The third-order valence-corrected chi connectivity index (χ3v) is 4.50. The number of alkyl halides is 3. The molecule has 0 saturated carbocycles. The van der Waals surface area contributed by atoms with Gasteiger partial charge < -0.3 is 10.1 Å². The van der Waals surface area contributed by atoms with Crippen molar-refractivity contribution in [2.45, 2.75) is 6.18 Å². The Labute approximate surface area is 165 Å². The Kier molecular flexibility index (Phi) is 4.80. The molecule has 4 rings (SSSR count). The monoisotopic (exact) mass is 395 g/mol. The van der Waals surface area contributed by atoms with Gasteiger partial charge in [-0.1, -0.05) is 24.3 Å². The molecule has 0 aliphatic carbocycles. The highest BCUT2D eigenvalue weighted by Gasteiger charge is 2.30. The van der Waals surface area contributed by atoms with Gasteiger partial charge >= 0.3 is 6.18 Å². The van der Waals surface area contributed by atoms with Crippen LogP contribution in [0.25, 0.3) is 21.9 Å². The van der Waals surface area contributed by atoms with Crippen molar-refractivity contribution >= 4 is 22.3 Å². The second-order valence-corrected chi connectivity index (χ2v) is 6.39. The van der Waals surface area contributed by atoms with Crippen molar-refractivity contribution in [3.8, 4) is 17.0 Å². The Bertz CT molecular complexity index is 1150. The van der Waals surface area contributed by atoms with Gasteiger partial charge in [-0.2, -0.15) is 18.2 Å². The summed E-state index contributed by atoms with van der Waals surface area (Å²) >= 11 is 0. The minimum atomic E-state index is -4.37. The zero-order valence-corrected chi connectivity index (χ0v) is 15.4. The van der Waals surface area contributed by atoms with Crippen LogP contribution in [-0.2, 0) is 6.18 Å². The summed E-state index contributed by atoms with van der Waals surface area (Å²) in [7, 11) is 1.49. The Morgan fingerprint density at radius 2 is 1.72 bits per heavy atom. The van der Waals surface area contributed by atoms with Crippen molar-refractivity contribution < 1.29 is 17.9 Å². The molecule has 0 spiro atoms. The summed E-state index contributed by atoms with van der Waals surface area (Å²) in [5.74, 6) is 0.871. The van der Waals surface area contributed by atoms with Gasteiger partial charge in [-0.25, -0.2) is 0 Å². The molecule has 0 aliphatic rings. The Hall–Kier alpha value is -3.61. The number of methoxy groups -OCH3 is 1. The molecule has 2 aromatic heterocycles. The van der Waals surface area contributed by atoms with Crippen LogP contribution in [0.3, 0.4) is 0 Å². The van der Waals surface area contributed by atoms with E-state index in [9.17, 15) is 13.2 Å². The number of anilines is 2. The smallest absolute Gasteiger partial charge is 0.416 e. The number of rotatable bonds is 4. The van der Waals surface area contributed by atoms with Gasteiger partial charge in [0.2, 0.25) is 5.88 Å². The highest BCUT2D eigenvalue weighted by atomic mass is 19.4. The molecular weight excluding hydrogens is 379 g/mol. The Balaban J connectivity index is 1.72. The summed E-state index contributed by atoms with van der Waals surface area (Å²) in [6, 6.07) is 16.1. The van der Waals surface area contributed by atoms with Crippen molar-refractivity contribution in [2.24, 2.45) is 0 Å². The van der Waals surface area contributed by atoms with Gasteiger partial charge in [0.05, 0.1) is 12.7 Å². The molecule has 146 valence electrons. The number of aromatic nitrogens is 2. The molecule has 0 fully saturated rings. The minimum absolute atomic E-state index is 0.354. The SMILES string of the molecule is COc1cc(-c2ccc(C(F)(F)F)cc2)cc(Nc2cccc3cnccc23)n1. The first-order valence-electron chi connectivity index (χ1n) is 8.77. The fourth-order valence-electron chi connectivity index (χ4n) is 3.06. The number of benzene rings is 2. The summed E-state index contributed by atoms with van der Waals surface area (Å²) in [5, 5.41) is 5.22. The number of halogens is 3. The lowest BCUT2D eigenvalue weighted by molar-refractivity contribution is -0.137. The molecule has 2 aromatic carbocycles. The Morgan fingerprint density at radius 3 is 2.45 bits per heavy atom. The zero-order chi connectivity index (χ0) is 20.4. The highest BCUT2D eigenvalue weighted by molar-refractivity contribution is 5.94. The molecular formula is C22H16F3N3O. The van der Waals surface area contributed by atoms with Crippen LogP contribution in [-0.4, -0.2) is 17.1 Å². The summed E-state index contributed by atoms with van der Waals surface area (Å²) in [6.45, 7) is 0. The molecule has 0 radical (unpaired) electrons. The first-order valence-corrected chi connectivity index (χ1v) is 8.77. The van der Waals surface area contributed by atoms with Crippen molar-refractivity contribution in [1.29, 1.82) is 0 Å². The van der Waals surface area contributed by atoms with E-state index in [-0.39, 0.29) is 0 Å². The van der Waals surface area contributed by atoms with E-state index >= 15 is 0 Å². The fourth-order valence-corrected chi connectivity index (χ4v) is 3.06. The average molecular weight is 395 g/mol. The predicted octanol–water partition coefficient (Wildman–Crippen LogP) is 6.07. The second kappa shape index (κ2) is 7.43. The first-order chi connectivity index (χ1) is 13.9. The van der Waals surface area contributed by atoms with Crippen LogP contribution in [0.2, 0.25) is 0 Å². The van der Waals surface area contributed by atoms with Crippen molar-refractivity contribution in [2.75, 3.05) is 12.4 Å². The van der Waals surface area contributed by atoms with Crippen LogP contribution in [0.4, 0.5) is 24.7 Å². The number of nitrogens with one attached hydrogen (secondary N) is 1. The van der Waals surface area contributed by atoms with E-state index in [1.54, 1.807) is 24.5 Å². The molecule has 0 aliphatic heterocycles. The van der Waals surface area contributed by atoms with Crippen molar-refractivity contribution in [3.05, 3.63) is 78.6 Å². The number of nitrogens with zero attached hydrogens (tertiary/aromatic N) is 2. The summed E-state index contributed by atoms with van der Waals surface area (Å²) < 4.78 is 43.8.